The fourth-order valence-electron chi connectivity index (χ4n) is 2.81. The molecule has 0 heterocycles. The van der Waals surface area contributed by atoms with E-state index in [4.69, 9.17) is 10.7 Å². The largest absolute Gasteiger partial charge is 0.410 e. The van der Waals surface area contributed by atoms with Gasteiger partial charge in [-0.1, -0.05) is 24.3 Å². The van der Waals surface area contributed by atoms with Crippen molar-refractivity contribution in [3.8, 4) is 5.75 Å². The third-order valence-corrected chi connectivity index (χ3v) is 4.21. The minimum Gasteiger partial charge on any atom is -0.410 e. The third-order valence-electron chi connectivity index (χ3n) is 3.86. The van der Waals surface area contributed by atoms with E-state index in [1.54, 1.807) is 0 Å². The summed E-state index contributed by atoms with van der Waals surface area (Å²) in [6.45, 7) is 0. The SMILES string of the molecule is NOc1cc2cc3cc4ccccc4cc3cc2cc1S. The van der Waals surface area contributed by atoms with Crippen LogP contribution in [0.25, 0.3) is 32.3 Å². The van der Waals surface area contributed by atoms with Crippen molar-refractivity contribution in [2.45, 2.75) is 4.90 Å². The van der Waals surface area contributed by atoms with Gasteiger partial charge in [-0.2, -0.15) is 5.90 Å². The maximum Gasteiger partial charge on any atom is 0.160 e. The lowest BCUT2D eigenvalue weighted by atomic mass is 10.00. The van der Waals surface area contributed by atoms with Crippen molar-refractivity contribution in [1.29, 1.82) is 0 Å². The second-order valence-corrected chi connectivity index (χ2v) is 5.67. The molecular weight excluding hydrogens is 278 g/mol. The molecule has 0 spiro atoms. The molecule has 0 fully saturated rings. The van der Waals surface area contributed by atoms with Crippen LogP contribution in [0.1, 0.15) is 0 Å². The Morgan fingerprint density at radius 1 is 0.667 bits per heavy atom. The number of rotatable bonds is 1. The Morgan fingerprint density at radius 2 is 1.14 bits per heavy atom. The zero-order valence-corrected chi connectivity index (χ0v) is 12.1. The number of thiol groups is 1. The lowest BCUT2D eigenvalue weighted by Crippen LogP contribution is -2.02. The molecule has 0 aromatic heterocycles. The van der Waals surface area contributed by atoms with Gasteiger partial charge in [0.25, 0.3) is 0 Å². The van der Waals surface area contributed by atoms with Crippen LogP contribution in [-0.2, 0) is 0 Å². The predicted octanol–water partition coefficient (Wildman–Crippen LogP) is 4.69. The highest BCUT2D eigenvalue weighted by atomic mass is 32.1. The maximum absolute atomic E-state index is 5.28. The number of hydrogen-bond acceptors (Lipinski definition) is 3. The first kappa shape index (κ1) is 12.5. The molecular formula is C18H13NOS. The molecule has 102 valence electrons. The molecule has 0 unspecified atom stereocenters. The van der Waals surface area contributed by atoms with Gasteiger partial charge in [-0.15, -0.1) is 12.6 Å². The van der Waals surface area contributed by atoms with Crippen LogP contribution in [0.2, 0.25) is 0 Å². The molecule has 21 heavy (non-hydrogen) atoms. The van der Waals surface area contributed by atoms with Crippen LogP contribution in [0.4, 0.5) is 0 Å². The molecule has 0 aliphatic rings. The minimum atomic E-state index is 0.589. The van der Waals surface area contributed by atoms with Crippen LogP contribution in [-0.4, -0.2) is 0 Å². The summed E-state index contributed by atoms with van der Waals surface area (Å²) < 4.78 is 0. The highest BCUT2D eigenvalue weighted by Crippen LogP contribution is 2.32. The second-order valence-electron chi connectivity index (χ2n) is 5.18. The smallest absolute Gasteiger partial charge is 0.160 e. The Balaban J connectivity index is 2.10. The number of benzene rings is 4. The molecule has 0 atom stereocenters. The van der Waals surface area contributed by atoms with Gasteiger partial charge >= 0.3 is 0 Å². The fraction of sp³-hybridized carbons (Fsp3) is 0. The Bertz CT molecular complexity index is 994. The Morgan fingerprint density at radius 3 is 1.71 bits per heavy atom. The van der Waals surface area contributed by atoms with Crippen LogP contribution in [0.5, 0.6) is 5.75 Å². The van der Waals surface area contributed by atoms with Gasteiger partial charge in [-0.05, 0) is 68.7 Å². The van der Waals surface area contributed by atoms with Crippen molar-refractivity contribution in [3.05, 3.63) is 60.7 Å². The lowest BCUT2D eigenvalue weighted by Gasteiger charge is -2.08. The monoisotopic (exact) mass is 291 g/mol. The van der Waals surface area contributed by atoms with Gasteiger partial charge in [0.1, 0.15) is 0 Å². The molecule has 0 aliphatic carbocycles. The Hall–Kier alpha value is -2.23. The summed E-state index contributed by atoms with van der Waals surface area (Å²) in [5.41, 5.74) is 0. The predicted molar refractivity (Wildman–Crippen MR) is 91.0 cm³/mol. The summed E-state index contributed by atoms with van der Waals surface area (Å²) in [7, 11) is 0. The standard InChI is InChI=1S/C18H13NOS/c19-20-17-9-15-7-13-5-11-3-1-2-4-12(11)6-14(13)8-16(15)10-18(17)21/h1-10,21H,19H2. The van der Waals surface area contributed by atoms with Crippen molar-refractivity contribution in [2.75, 3.05) is 0 Å². The number of fused-ring (bicyclic) bond motifs is 3. The average Bonchev–Trinajstić information content (AvgIpc) is 2.50. The van der Waals surface area contributed by atoms with Crippen LogP contribution in [0, 0.1) is 0 Å². The van der Waals surface area contributed by atoms with Crippen molar-refractivity contribution >= 4 is 44.9 Å². The first-order chi connectivity index (χ1) is 10.2. The van der Waals surface area contributed by atoms with E-state index in [0.29, 0.717) is 5.75 Å². The first-order valence-corrected chi connectivity index (χ1v) is 7.15. The molecule has 4 rings (SSSR count). The fourth-order valence-corrected chi connectivity index (χ4v) is 3.06. The second kappa shape index (κ2) is 4.65. The zero-order valence-electron chi connectivity index (χ0n) is 11.2. The van der Waals surface area contributed by atoms with E-state index in [2.05, 4.69) is 61.2 Å². The summed E-state index contributed by atoms with van der Waals surface area (Å²) in [5.74, 6) is 5.87. The summed E-state index contributed by atoms with van der Waals surface area (Å²) in [5, 5.41) is 7.13. The average molecular weight is 291 g/mol. The van der Waals surface area contributed by atoms with Gasteiger partial charge in [0.05, 0.1) is 0 Å². The molecule has 2 nitrogen and oxygen atoms in total. The van der Waals surface area contributed by atoms with Gasteiger partial charge in [0.15, 0.2) is 5.75 Å². The molecule has 0 amide bonds. The van der Waals surface area contributed by atoms with Crippen LogP contribution < -0.4 is 10.7 Å². The van der Waals surface area contributed by atoms with E-state index < -0.39 is 0 Å². The maximum atomic E-state index is 5.28. The van der Waals surface area contributed by atoms with Crippen LogP contribution in [0.15, 0.2) is 65.6 Å². The topological polar surface area (TPSA) is 35.2 Å². The normalized spacial score (nSPS) is 11.3. The molecule has 4 aromatic rings. The van der Waals surface area contributed by atoms with E-state index >= 15 is 0 Å². The lowest BCUT2D eigenvalue weighted by molar-refractivity contribution is 0.327. The molecule has 0 radical (unpaired) electrons. The minimum absolute atomic E-state index is 0.589. The van der Waals surface area contributed by atoms with Gasteiger partial charge in [0.2, 0.25) is 0 Å². The zero-order chi connectivity index (χ0) is 14.4. The molecule has 4 aromatic carbocycles. The van der Waals surface area contributed by atoms with Crippen molar-refractivity contribution in [3.63, 3.8) is 0 Å². The molecule has 0 saturated heterocycles. The Kier molecular flexibility index (Phi) is 2.77. The highest BCUT2D eigenvalue weighted by molar-refractivity contribution is 7.80. The van der Waals surface area contributed by atoms with Crippen LogP contribution in [0.3, 0.4) is 0 Å². The first-order valence-electron chi connectivity index (χ1n) is 6.70. The summed E-state index contributed by atoms with van der Waals surface area (Å²) in [6, 6.07) is 21.1. The van der Waals surface area contributed by atoms with Gasteiger partial charge in [-0.25, -0.2) is 0 Å². The molecule has 3 heteroatoms. The van der Waals surface area contributed by atoms with Gasteiger partial charge in [-0.3, -0.25) is 0 Å². The van der Waals surface area contributed by atoms with E-state index in [1.165, 1.54) is 21.5 Å². The van der Waals surface area contributed by atoms with Crippen molar-refractivity contribution in [2.24, 2.45) is 5.90 Å². The van der Waals surface area contributed by atoms with E-state index in [1.807, 2.05) is 12.1 Å². The van der Waals surface area contributed by atoms with E-state index in [0.717, 1.165) is 15.7 Å². The molecule has 0 aliphatic heterocycles. The molecule has 0 bridgehead atoms. The van der Waals surface area contributed by atoms with Crippen molar-refractivity contribution in [1.82, 2.24) is 0 Å². The number of nitrogens with two attached hydrogens (primary N) is 1. The number of hydrogen-bond donors (Lipinski definition) is 2. The van der Waals surface area contributed by atoms with Gasteiger partial charge in [0, 0.05) is 4.90 Å². The summed E-state index contributed by atoms with van der Waals surface area (Å²) in [4.78, 5) is 5.60. The quantitative estimate of drug-likeness (QED) is 0.303. The Labute approximate surface area is 127 Å². The highest BCUT2D eigenvalue weighted by Gasteiger charge is 2.05. The van der Waals surface area contributed by atoms with E-state index in [-0.39, 0.29) is 0 Å². The molecule has 2 N–H and O–H groups in total. The van der Waals surface area contributed by atoms with Crippen molar-refractivity contribution < 1.29 is 4.84 Å². The van der Waals surface area contributed by atoms with Gasteiger partial charge < -0.3 is 4.84 Å². The van der Waals surface area contributed by atoms with Crippen LogP contribution >= 0.6 is 12.6 Å². The summed E-state index contributed by atoms with van der Waals surface area (Å²) in [6.07, 6.45) is 0. The summed E-state index contributed by atoms with van der Waals surface area (Å²) >= 11 is 4.40. The molecule has 0 saturated carbocycles. The van der Waals surface area contributed by atoms with E-state index in [9.17, 15) is 0 Å². The third kappa shape index (κ3) is 2.02.